The van der Waals surface area contributed by atoms with E-state index < -0.39 is 0 Å². The van der Waals surface area contributed by atoms with Crippen molar-refractivity contribution in [2.45, 2.75) is 31.9 Å². The summed E-state index contributed by atoms with van der Waals surface area (Å²) in [4.78, 5) is 11.6. The van der Waals surface area contributed by atoms with Crippen LogP contribution in [0.4, 0.5) is 5.69 Å². The van der Waals surface area contributed by atoms with Crippen molar-refractivity contribution >= 4 is 23.4 Å². The van der Waals surface area contributed by atoms with Gasteiger partial charge in [-0.3, -0.25) is 4.79 Å². The predicted octanol–water partition coefficient (Wildman–Crippen LogP) is 3.55. The van der Waals surface area contributed by atoms with Crippen LogP contribution in [0, 0.1) is 0 Å². The highest BCUT2D eigenvalue weighted by atomic mass is 32.2. The van der Waals surface area contributed by atoms with Gasteiger partial charge in [-0.15, -0.1) is 0 Å². The van der Waals surface area contributed by atoms with E-state index in [9.17, 15) is 4.79 Å². The summed E-state index contributed by atoms with van der Waals surface area (Å²) in [7, 11) is 0. The Kier molecular flexibility index (Phi) is 4.87. The molecular formula is C13H19NOS. The standard InChI is InChI=1S/C13H19NOS/c1-13(2,3)16-10-9-12(15)14-11-7-5-4-6-8-11/h4-8H,9-10H2,1-3H3,(H,14,15). The number of anilines is 1. The Morgan fingerprint density at radius 1 is 1.25 bits per heavy atom. The molecular weight excluding hydrogens is 218 g/mol. The Morgan fingerprint density at radius 2 is 1.88 bits per heavy atom. The van der Waals surface area contributed by atoms with E-state index in [4.69, 9.17) is 0 Å². The van der Waals surface area contributed by atoms with Crippen molar-refractivity contribution in [3.05, 3.63) is 30.3 Å². The maximum atomic E-state index is 11.6. The zero-order chi connectivity index (χ0) is 12.0. The lowest BCUT2D eigenvalue weighted by molar-refractivity contribution is -0.115. The lowest BCUT2D eigenvalue weighted by Crippen LogP contribution is -2.15. The first kappa shape index (κ1) is 13.1. The van der Waals surface area contributed by atoms with E-state index in [0.29, 0.717) is 6.42 Å². The van der Waals surface area contributed by atoms with Crippen LogP contribution in [0.3, 0.4) is 0 Å². The molecule has 0 aromatic heterocycles. The number of thioether (sulfide) groups is 1. The van der Waals surface area contributed by atoms with Gasteiger partial charge in [0.2, 0.25) is 5.91 Å². The molecule has 16 heavy (non-hydrogen) atoms. The average Bonchev–Trinajstić information content (AvgIpc) is 2.17. The SMILES string of the molecule is CC(C)(C)SCCC(=O)Nc1ccccc1. The molecule has 0 bridgehead atoms. The van der Waals surface area contributed by atoms with E-state index in [1.54, 1.807) is 0 Å². The third-order valence-corrected chi connectivity index (χ3v) is 3.20. The van der Waals surface area contributed by atoms with Gasteiger partial charge in [0.05, 0.1) is 0 Å². The molecule has 0 saturated carbocycles. The van der Waals surface area contributed by atoms with E-state index in [2.05, 4.69) is 26.1 Å². The van der Waals surface area contributed by atoms with Gasteiger partial charge in [-0.05, 0) is 12.1 Å². The molecule has 0 fully saturated rings. The van der Waals surface area contributed by atoms with Crippen molar-refractivity contribution in [1.29, 1.82) is 0 Å². The van der Waals surface area contributed by atoms with Crippen molar-refractivity contribution in [3.8, 4) is 0 Å². The van der Waals surface area contributed by atoms with Gasteiger partial charge < -0.3 is 5.32 Å². The zero-order valence-electron chi connectivity index (χ0n) is 10.1. The lowest BCUT2D eigenvalue weighted by atomic mass is 10.3. The summed E-state index contributed by atoms with van der Waals surface area (Å²) in [5.41, 5.74) is 0.869. The van der Waals surface area contributed by atoms with Gasteiger partial charge in [0, 0.05) is 22.6 Å². The molecule has 0 atom stereocenters. The summed E-state index contributed by atoms with van der Waals surface area (Å²) in [5, 5.41) is 2.88. The highest BCUT2D eigenvalue weighted by Gasteiger charge is 2.11. The van der Waals surface area contributed by atoms with Crippen LogP contribution in [0.5, 0.6) is 0 Å². The fourth-order valence-electron chi connectivity index (χ4n) is 1.19. The summed E-state index contributed by atoms with van der Waals surface area (Å²) >= 11 is 1.81. The molecule has 0 saturated heterocycles. The number of para-hydroxylation sites is 1. The minimum atomic E-state index is 0.0861. The minimum absolute atomic E-state index is 0.0861. The van der Waals surface area contributed by atoms with Gasteiger partial charge in [0.25, 0.3) is 0 Å². The molecule has 0 unspecified atom stereocenters. The maximum Gasteiger partial charge on any atom is 0.225 e. The molecule has 0 heterocycles. The number of benzene rings is 1. The second-order valence-electron chi connectivity index (χ2n) is 4.63. The summed E-state index contributed by atoms with van der Waals surface area (Å²) in [6.45, 7) is 6.48. The average molecular weight is 237 g/mol. The molecule has 0 aliphatic rings. The Hall–Kier alpha value is -0.960. The monoisotopic (exact) mass is 237 g/mol. The molecule has 88 valence electrons. The van der Waals surface area contributed by atoms with Crippen LogP contribution < -0.4 is 5.32 Å². The smallest absolute Gasteiger partial charge is 0.225 e. The van der Waals surface area contributed by atoms with E-state index >= 15 is 0 Å². The van der Waals surface area contributed by atoms with E-state index in [1.807, 2.05) is 42.1 Å². The largest absolute Gasteiger partial charge is 0.326 e. The van der Waals surface area contributed by atoms with Gasteiger partial charge in [-0.1, -0.05) is 39.0 Å². The van der Waals surface area contributed by atoms with Crippen molar-refractivity contribution < 1.29 is 4.79 Å². The van der Waals surface area contributed by atoms with Crippen LogP contribution in [0.1, 0.15) is 27.2 Å². The predicted molar refractivity (Wildman–Crippen MR) is 71.9 cm³/mol. The summed E-state index contributed by atoms with van der Waals surface area (Å²) in [6, 6.07) is 9.56. The number of rotatable bonds is 4. The van der Waals surface area contributed by atoms with Crippen molar-refractivity contribution in [1.82, 2.24) is 0 Å². The summed E-state index contributed by atoms with van der Waals surface area (Å²) in [5.74, 6) is 0.949. The van der Waals surface area contributed by atoms with E-state index in [-0.39, 0.29) is 10.7 Å². The van der Waals surface area contributed by atoms with Crippen molar-refractivity contribution in [3.63, 3.8) is 0 Å². The molecule has 0 spiro atoms. The van der Waals surface area contributed by atoms with Gasteiger partial charge in [0.15, 0.2) is 0 Å². The van der Waals surface area contributed by atoms with E-state index in [0.717, 1.165) is 11.4 Å². The van der Waals surface area contributed by atoms with Crippen LogP contribution in [-0.2, 0) is 4.79 Å². The van der Waals surface area contributed by atoms with Gasteiger partial charge in [-0.25, -0.2) is 0 Å². The number of hydrogen-bond donors (Lipinski definition) is 1. The summed E-state index contributed by atoms with van der Waals surface area (Å²) in [6.07, 6.45) is 0.566. The fourth-order valence-corrected chi connectivity index (χ4v) is 2.09. The Labute approximate surface area is 102 Å². The number of carbonyl (C=O) groups excluding carboxylic acids is 1. The van der Waals surface area contributed by atoms with Crippen molar-refractivity contribution in [2.24, 2.45) is 0 Å². The number of nitrogens with one attached hydrogen (secondary N) is 1. The van der Waals surface area contributed by atoms with E-state index in [1.165, 1.54) is 0 Å². The molecule has 1 aromatic carbocycles. The van der Waals surface area contributed by atoms with Gasteiger partial charge in [-0.2, -0.15) is 11.8 Å². The molecule has 0 aliphatic carbocycles. The third kappa shape index (κ3) is 5.81. The quantitative estimate of drug-likeness (QED) is 0.867. The van der Waals surface area contributed by atoms with Gasteiger partial charge >= 0.3 is 0 Å². The highest BCUT2D eigenvalue weighted by molar-refractivity contribution is 8.00. The lowest BCUT2D eigenvalue weighted by Gasteiger charge is -2.16. The van der Waals surface area contributed by atoms with Crippen LogP contribution in [0.25, 0.3) is 0 Å². The fraction of sp³-hybridized carbons (Fsp3) is 0.462. The number of amides is 1. The molecule has 2 nitrogen and oxygen atoms in total. The first-order chi connectivity index (χ1) is 7.47. The molecule has 1 aromatic rings. The first-order valence-electron chi connectivity index (χ1n) is 5.46. The van der Waals surface area contributed by atoms with Crippen LogP contribution in [0.2, 0.25) is 0 Å². The highest BCUT2D eigenvalue weighted by Crippen LogP contribution is 2.23. The molecule has 0 aliphatic heterocycles. The second kappa shape index (κ2) is 5.94. The Bertz CT molecular complexity index is 330. The first-order valence-corrected chi connectivity index (χ1v) is 6.45. The third-order valence-electron chi connectivity index (χ3n) is 1.92. The van der Waals surface area contributed by atoms with Gasteiger partial charge in [0.1, 0.15) is 0 Å². The molecule has 1 N–H and O–H groups in total. The topological polar surface area (TPSA) is 29.1 Å². The maximum absolute atomic E-state index is 11.6. The van der Waals surface area contributed by atoms with Crippen LogP contribution in [0.15, 0.2) is 30.3 Å². The Balaban J connectivity index is 2.27. The number of hydrogen-bond acceptors (Lipinski definition) is 2. The van der Waals surface area contributed by atoms with Crippen LogP contribution in [-0.4, -0.2) is 16.4 Å². The second-order valence-corrected chi connectivity index (χ2v) is 6.55. The Morgan fingerprint density at radius 3 is 2.44 bits per heavy atom. The normalized spacial score (nSPS) is 11.2. The minimum Gasteiger partial charge on any atom is -0.326 e. The molecule has 3 heteroatoms. The number of carbonyl (C=O) groups is 1. The summed E-state index contributed by atoms with van der Waals surface area (Å²) < 4.78 is 0.229. The molecule has 1 rings (SSSR count). The molecule has 1 amide bonds. The zero-order valence-corrected chi connectivity index (χ0v) is 10.9. The van der Waals surface area contributed by atoms with Crippen molar-refractivity contribution in [2.75, 3.05) is 11.1 Å². The van der Waals surface area contributed by atoms with Crippen LogP contribution >= 0.6 is 11.8 Å². The molecule has 0 radical (unpaired) electrons.